The van der Waals surface area contributed by atoms with Gasteiger partial charge in [-0.05, 0) is 24.5 Å². The molecule has 0 bridgehead atoms. The minimum absolute atomic E-state index is 0.153. The molecular formula is C14H23N3O. The van der Waals surface area contributed by atoms with Crippen molar-refractivity contribution in [3.05, 3.63) is 29.8 Å². The predicted octanol–water partition coefficient (Wildman–Crippen LogP) is 2.65. The van der Waals surface area contributed by atoms with Gasteiger partial charge in [0.1, 0.15) is 0 Å². The van der Waals surface area contributed by atoms with Gasteiger partial charge in [-0.3, -0.25) is 0 Å². The second-order valence-electron chi connectivity index (χ2n) is 4.78. The summed E-state index contributed by atoms with van der Waals surface area (Å²) in [5.41, 5.74) is 7.46. The first kappa shape index (κ1) is 14.4. The summed E-state index contributed by atoms with van der Waals surface area (Å²) in [6, 6.07) is 7.71. The van der Waals surface area contributed by atoms with Gasteiger partial charge in [0, 0.05) is 24.8 Å². The molecular weight excluding hydrogens is 226 g/mol. The Balaban J connectivity index is 2.88. The molecule has 1 aromatic carbocycles. The Morgan fingerprint density at radius 1 is 1.44 bits per heavy atom. The van der Waals surface area contributed by atoms with Crippen LogP contribution in [-0.4, -0.2) is 24.6 Å². The molecule has 4 nitrogen and oxygen atoms in total. The topological polar surface area (TPSA) is 61.8 Å². The van der Waals surface area contributed by atoms with Crippen molar-refractivity contribution in [3.8, 4) is 0 Å². The zero-order valence-electron chi connectivity index (χ0n) is 11.4. The summed E-state index contributed by atoms with van der Waals surface area (Å²) in [5.74, 6) is 0.779. The first-order valence-corrected chi connectivity index (χ1v) is 6.38. The van der Waals surface area contributed by atoms with Gasteiger partial charge in [-0.25, -0.2) is 0 Å². The number of para-hydroxylation sites is 1. The highest BCUT2D eigenvalue weighted by atomic mass is 16.4. The van der Waals surface area contributed by atoms with Crippen molar-refractivity contribution in [1.29, 1.82) is 0 Å². The van der Waals surface area contributed by atoms with Gasteiger partial charge in [-0.2, -0.15) is 0 Å². The average molecular weight is 249 g/mol. The number of hydrogen-bond donors (Lipinski definition) is 2. The highest BCUT2D eigenvalue weighted by molar-refractivity contribution is 6.02. The van der Waals surface area contributed by atoms with Gasteiger partial charge in [0.25, 0.3) is 0 Å². The zero-order chi connectivity index (χ0) is 13.5. The van der Waals surface area contributed by atoms with Gasteiger partial charge in [0.05, 0.1) is 0 Å². The van der Waals surface area contributed by atoms with E-state index in [2.05, 4.69) is 23.9 Å². The molecule has 18 heavy (non-hydrogen) atoms. The second-order valence-corrected chi connectivity index (χ2v) is 4.78. The fourth-order valence-electron chi connectivity index (χ4n) is 2.23. The number of oxime groups is 1. The number of hydrogen-bond acceptors (Lipinski definition) is 3. The van der Waals surface area contributed by atoms with Crippen molar-refractivity contribution in [2.24, 2.45) is 16.8 Å². The Bertz CT molecular complexity index is 404. The molecule has 1 aromatic rings. The number of anilines is 1. The van der Waals surface area contributed by atoms with E-state index in [4.69, 9.17) is 10.9 Å². The van der Waals surface area contributed by atoms with Gasteiger partial charge in [0.2, 0.25) is 0 Å². The molecule has 0 aliphatic heterocycles. The minimum atomic E-state index is 0.153. The number of rotatable bonds is 6. The third-order valence-electron chi connectivity index (χ3n) is 3.07. The molecule has 1 unspecified atom stereocenters. The molecule has 100 valence electrons. The van der Waals surface area contributed by atoms with Gasteiger partial charge in [-0.1, -0.05) is 37.6 Å². The fourth-order valence-corrected chi connectivity index (χ4v) is 2.23. The normalized spacial score (nSPS) is 13.4. The van der Waals surface area contributed by atoms with Crippen molar-refractivity contribution in [2.45, 2.75) is 26.7 Å². The first-order chi connectivity index (χ1) is 8.60. The van der Waals surface area contributed by atoms with Crippen LogP contribution in [0.1, 0.15) is 32.3 Å². The molecule has 0 aromatic heterocycles. The average Bonchev–Trinajstić information content (AvgIpc) is 2.38. The molecule has 1 atom stereocenters. The summed E-state index contributed by atoms with van der Waals surface area (Å²) < 4.78 is 0. The van der Waals surface area contributed by atoms with Gasteiger partial charge in [-0.15, -0.1) is 0 Å². The maximum Gasteiger partial charge on any atom is 0.172 e. The van der Waals surface area contributed by atoms with Crippen LogP contribution in [0, 0.1) is 5.92 Å². The summed E-state index contributed by atoms with van der Waals surface area (Å²) in [7, 11) is 2.04. The summed E-state index contributed by atoms with van der Waals surface area (Å²) in [5, 5.41) is 11.9. The third kappa shape index (κ3) is 3.65. The van der Waals surface area contributed by atoms with Crippen molar-refractivity contribution in [1.82, 2.24) is 0 Å². The maximum atomic E-state index is 8.80. The summed E-state index contributed by atoms with van der Waals surface area (Å²) in [6.45, 7) is 5.40. The van der Waals surface area contributed by atoms with E-state index >= 15 is 0 Å². The van der Waals surface area contributed by atoms with E-state index in [1.807, 2.05) is 31.3 Å². The highest BCUT2D eigenvalue weighted by Crippen LogP contribution is 2.20. The molecule has 0 spiro atoms. The lowest BCUT2D eigenvalue weighted by atomic mass is 10.0. The van der Waals surface area contributed by atoms with Crippen LogP contribution in [0.4, 0.5) is 5.69 Å². The van der Waals surface area contributed by atoms with E-state index in [0.717, 1.165) is 17.8 Å². The van der Waals surface area contributed by atoms with Crippen LogP contribution in [0.2, 0.25) is 0 Å². The van der Waals surface area contributed by atoms with E-state index in [0.29, 0.717) is 5.92 Å². The Morgan fingerprint density at radius 3 is 2.72 bits per heavy atom. The second kappa shape index (κ2) is 6.89. The number of benzene rings is 1. The van der Waals surface area contributed by atoms with E-state index in [-0.39, 0.29) is 5.84 Å². The van der Waals surface area contributed by atoms with Crippen molar-refractivity contribution in [3.63, 3.8) is 0 Å². The molecule has 4 heteroatoms. The van der Waals surface area contributed by atoms with E-state index in [9.17, 15) is 0 Å². The molecule has 1 rings (SSSR count). The van der Waals surface area contributed by atoms with Gasteiger partial charge >= 0.3 is 0 Å². The number of nitrogens with two attached hydrogens (primary N) is 1. The van der Waals surface area contributed by atoms with Crippen LogP contribution >= 0.6 is 0 Å². The third-order valence-corrected chi connectivity index (χ3v) is 3.07. The van der Waals surface area contributed by atoms with Crippen LogP contribution in [0.5, 0.6) is 0 Å². The number of amidine groups is 1. The molecule has 0 saturated heterocycles. The standard InChI is InChI=1S/C14H23N3O/c1-4-7-11(2)10-17(3)13-9-6-5-8-12(13)14(15)16-18/h5-6,8-9,11,18H,4,7,10H2,1-3H3,(H2,15,16). The lowest BCUT2D eigenvalue weighted by molar-refractivity contribution is 0.318. The summed E-state index contributed by atoms with van der Waals surface area (Å²) in [6.07, 6.45) is 2.40. The molecule has 3 N–H and O–H groups in total. The smallest absolute Gasteiger partial charge is 0.172 e. The quantitative estimate of drug-likeness (QED) is 0.352. The van der Waals surface area contributed by atoms with Crippen LogP contribution in [0.15, 0.2) is 29.4 Å². The molecule has 0 aliphatic rings. The van der Waals surface area contributed by atoms with Crippen LogP contribution < -0.4 is 10.6 Å². The SMILES string of the molecule is CCCC(C)CN(C)c1ccccc1C(N)=NO. The Kier molecular flexibility index (Phi) is 5.49. The molecule has 0 saturated carbocycles. The van der Waals surface area contributed by atoms with Crippen molar-refractivity contribution < 1.29 is 5.21 Å². The Hall–Kier alpha value is -1.71. The molecule has 0 fully saturated rings. The highest BCUT2D eigenvalue weighted by Gasteiger charge is 2.12. The van der Waals surface area contributed by atoms with Gasteiger partial charge in [0.15, 0.2) is 5.84 Å². The summed E-state index contributed by atoms with van der Waals surface area (Å²) in [4.78, 5) is 2.16. The maximum absolute atomic E-state index is 8.80. The van der Waals surface area contributed by atoms with Crippen LogP contribution in [-0.2, 0) is 0 Å². The van der Waals surface area contributed by atoms with Crippen molar-refractivity contribution in [2.75, 3.05) is 18.5 Å². The molecule has 0 radical (unpaired) electrons. The lowest BCUT2D eigenvalue weighted by Crippen LogP contribution is -2.27. The minimum Gasteiger partial charge on any atom is -0.409 e. The van der Waals surface area contributed by atoms with Crippen molar-refractivity contribution >= 4 is 11.5 Å². The molecule has 0 amide bonds. The zero-order valence-corrected chi connectivity index (χ0v) is 11.4. The van der Waals surface area contributed by atoms with Crippen LogP contribution in [0.25, 0.3) is 0 Å². The van der Waals surface area contributed by atoms with Gasteiger partial charge < -0.3 is 15.8 Å². The summed E-state index contributed by atoms with van der Waals surface area (Å²) >= 11 is 0. The van der Waals surface area contributed by atoms with E-state index in [1.54, 1.807) is 0 Å². The predicted molar refractivity (Wildman–Crippen MR) is 76.3 cm³/mol. The van der Waals surface area contributed by atoms with E-state index in [1.165, 1.54) is 12.8 Å². The molecule has 0 aliphatic carbocycles. The first-order valence-electron chi connectivity index (χ1n) is 6.38. The van der Waals surface area contributed by atoms with E-state index < -0.39 is 0 Å². The fraction of sp³-hybridized carbons (Fsp3) is 0.500. The Labute approximate surface area is 109 Å². The molecule has 0 heterocycles. The Morgan fingerprint density at radius 2 is 2.11 bits per heavy atom. The van der Waals surface area contributed by atoms with Crippen LogP contribution in [0.3, 0.4) is 0 Å². The monoisotopic (exact) mass is 249 g/mol. The lowest BCUT2D eigenvalue weighted by Gasteiger charge is -2.25. The largest absolute Gasteiger partial charge is 0.409 e. The number of nitrogens with zero attached hydrogens (tertiary/aromatic N) is 2.